The number of rotatable bonds is 0. The maximum absolute atomic E-state index is 6.39. The Labute approximate surface area is 131 Å². The molecule has 0 radical (unpaired) electrons. The Balaban J connectivity index is 2.14. The van der Waals surface area contributed by atoms with Gasteiger partial charge in [-0.1, -0.05) is 60.1 Å². The topological polar surface area (TPSA) is 13.1 Å². The third-order valence-corrected chi connectivity index (χ3v) is 4.63. The molecule has 0 saturated carbocycles. The lowest BCUT2D eigenvalue weighted by molar-refractivity contribution is 0.673. The monoisotopic (exact) mass is 302 g/mol. The molecule has 0 spiro atoms. The molecule has 1 heterocycles. The molecule has 0 unspecified atom stereocenters. The van der Waals surface area contributed by atoms with E-state index in [1.807, 2.05) is 18.2 Å². The van der Waals surface area contributed by atoms with E-state index < -0.39 is 0 Å². The number of furan rings is 1. The normalized spacial score (nSPS) is 11.9. The average Bonchev–Trinajstić information content (AvgIpc) is 2.94. The van der Waals surface area contributed by atoms with Gasteiger partial charge in [0, 0.05) is 16.2 Å². The summed E-state index contributed by atoms with van der Waals surface area (Å²) < 4.78 is 6.17. The lowest BCUT2D eigenvalue weighted by atomic mass is 9.99. The van der Waals surface area contributed by atoms with Gasteiger partial charge in [-0.2, -0.15) is 0 Å². The van der Waals surface area contributed by atoms with Crippen LogP contribution in [-0.2, 0) is 0 Å². The van der Waals surface area contributed by atoms with Gasteiger partial charge in [0.25, 0.3) is 0 Å². The van der Waals surface area contributed by atoms with E-state index in [-0.39, 0.29) is 0 Å². The third kappa shape index (κ3) is 1.49. The first-order valence-corrected chi connectivity index (χ1v) is 7.62. The highest BCUT2D eigenvalue weighted by Gasteiger charge is 2.14. The molecular weight excluding hydrogens is 292 g/mol. The van der Waals surface area contributed by atoms with Crippen molar-refractivity contribution in [1.82, 2.24) is 0 Å². The summed E-state index contributed by atoms with van der Waals surface area (Å²) in [5.41, 5.74) is 1.75. The van der Waals surface area contributed by atoms with Crippen LogP contribution < -0.4 is 0 Å². The number of hydrogen-bond donors (Lipinski definition) is 0. The molecule has 5 aromatic rings. The van der Waals surface area contributed by atoms with Gasteiger partial charge in [0.1, 0.15) is 11.2 Å². The van der Waals surface area contributed by atoms with Crippen LogP contribution >= 0.6 is 11.6 Å². The van der Waals surface area contributed by atoms with Crippen molar-refractivity contribution in [2.45, 2.75) is 0 Å². The van der Waals surface area contributed by atoms with Crippen molar-refractivity contribution in [3.8, 4) is 0 Å². The molecule has 0 amide bonds. The van der Waals surface area contributed by atoms with E-state index in [1.54, 1.807) is 0 Å². The minimum atomic E-state index is 0.732. The summed E-state index contributed by atoms with van der Waals surface area (Å²) in [4.78, 5) is 0. The van der Waals surface area contributed by atoms with Crippen LogP contribution in [0.1, 0.15) is 0 Å². The second-order valence-electron chi connectivity index (χ2n) is 5.54. The summed E-state index contributed by atoms with van der Waals surface area (Å²) in [5.74, 6) is 0. The zero-order valence-electron chi connectivity index (χ0n) is 11.6. The molecule has 0 saturated heterocycles. The van der Waals surface area contributed by atoms with Gasteiger partial charge in [-0.25, -0.2) is 0 Å². The Hall–Kier alpha value is -2.51. The second kappa shape index (κ2) is 4.25. The molecule has 0 atom stereocenters. The van der Waals surface area contributed by atoms with Crippen LogP contribution in [0.5, 0.6) is 0 Å². The highest BCUT2D eigenvalue weighted by atomic mass is 35.5. The molecule has 0 aliphatic carbocycles. The highest BCUT2D eigenvalue weighted by Crippen LogP contribution is 2.39. The molecule has 0 aliphatic rings. The molecule has 2 heteroatoms. The zero-order chi connectivity index (χ0) is 14.7. The van der Waals surface area contributed by atoms with Crippen LogP contribution in [0.25, 0.3) is 43.5 Å². The molecule has 0 fully saturated rings. The Bertz CT molecular complexity index is 1180. The first-order chi connectivity index (χ1) is 10.8. The van der Waals surface area contributed by atoms with Crippen LogP contribution in [0, 0.1) is 0 Å². The van der Waals surface area contributed by atoms with Crippen LogP contribution in [0.2, 0.25) is 5.02 Å². The smallest absolute Gasteiger partial charge is 0.143 e. The fraction of sp³-hybridized carbons (Fsp3) is 0. The van der Waals surface area contributed by atoms with Crippen molar-refractivity contribution in [3.63, 3.8) is 0 Å². The molecule has 1 nitrogen and oxygen atoms in total. The number of halogens is 1. The number of benzene rings is 4. The Morgan fingerprint density at radius 1 is 0.636 bits per heavy atom. The summed E-state index contributed by atoms with van der Waals surface area (Å²) in [5, 5.41) is 7.56. The van der Waals surface area contributed by atoms with Crippen LogP contribution in [0.15, 0.2) is 71.1 Å². The van der Waals surface area contributed by atoms with E-state index in [0.29, 0.717) is 0 Å². The number of fused-ring (bicyclic) bond motifs is 7. The van der Waals surface area contributed by atoms with Crippen LogP contribution in [-0.4, -0.2) is 0 Å². The van der Waals surface area contributed by atoms with Gasteiger partial charge in [-0.3, -0.25) is 0 Å². The summed E-state index contributed by atoms with van der Waals surface area (Å²) in [6.45, 7) is 0. The van der Waals surface area contributed by atoms with Gasteiger partial charge >= 0.3 is 0 Å². The van der Waals surface area contributed by atoms with Crippen LogP contribution in [0.3, 0.4) is 0 Å². The Morgan fingerprint density at radius 2 is 1.45 bits per heavy atom. The van der Waals surface area contributed by atoms with Crippen molar-refractivity contribution in [1.29, 1.82) is 0 Å². The van der Waals surface area contributed by atoms with Gasteiger partial charge in [-0.05, 0) is 34.4 Å². The first kappa shape index (κ1) is 12.1. The lowest BCUT2D eigenvalue weighted by Crippen LogP contribution is -1.78. The molecule has 22 heavy (non-hydrogen) atoms. The van der Waals surface area contributed by atoms with Crippen molar-refractivity contribution < 1.29 is 4.42 Å². The Morgan fingerprint density at radius 3 is 2.41 bits per heavy atom. The van der Waals surface area contributed by atoms with Gasteiger partial charge in [0.05, 0.1) is 5.02 Å². The summed E-state index contributed by atoms with van der Waals surface area (Å²) in [7, 11) is 0. The standard InChI is InChI=1S/C20H11ClO/c21-16-6-3-7-17-19(16)15-11-10-13-9-8-12-4-1-2-5-14(12)18(13)20(15)22-17/h1-11H. The molecule has 0 bridgehead atoms. The molecular formula is C20H11ClO. The number of hydrogen-bond acceptors (Lipinski definition) is 1. The van der Waals surface area contributed by atoms with Gasteiger partial charge < -0.3 is 4.42 Å². The minimum absolute atomic E-state index is 0.732. The third-order valence-electron chi connectivity index (χ3n) is 4.32. The van der Waals surface area contributed by atoms with Crippen molar-refractivity contribution in [3.05, 3.63) is 71.8 Å². The van der Waals surface area contributed by atoms with Crippen LogP contribution in [0.4, 0.5) is 0 Å². The first-order valence-electron chi connectivity index (χ1n) is 7.24. The molecule has 5 rings (SSSR count). The summed E-state index contributed by atoms with van der Waals surface area (Å²) in [6.07, 6.45) is 0. The van der Waals surface area contributed by atoms with Gasteiger partial charge in [-0.15, -0.1) is 0 Å². The second-order valence-corrected chi connectivity index (χ2v) is 5.95. The molecule has 0 aliphatic heterocycles. The predicted octanol–water partition coefficient (Wildman–Crippen LogP) is 6.55. The average molecular weight is 303 g/mol. The molecule has 4 aromatic carbocycles. The zero-order valence-corrected chi connectivity index (χ0v) is 12.4. The van der Waals surface area contributed by atoms with Gasteiger partial charge in [0.2, 0.25) is 0 Å². The van der Waals surface area contributed by atoms with E-state index >= 15 is 0 Å². The van der Waals surface area contributed by atoms with E-state index in [9.17, 15) is 0 Å². The maximum atomic E-state index is 6.39. The van der Waals surface area contributed by atoms with E-state index in [4.69, 9.17) is 16.0 Å². The fourth-order valence-electron chi connectivity index (χ4n) is 3.33. The molecule has 0 N–H and O–H groups in total. The maximum Gasteiger partial charge on any atom is 0.143 e. The van der Waals surface area contributed by atoms with Crippen molar-refractivity contribution >= 4 is 55.1 Å². The van der Waals surface area contributed by atoms with E-state index in [1.165, 1.54) is 16.2 Å². The minimum Gasteiger partial charge on any atom is -0.455 e. The predicted molar refractivity (Wildman–Crippen MR) is 93.7 cm³/mol. The van der Waals surface area contributed by atoms with Crippen molar-refractivity contribution in [2.75, 3.05) is 0 Å². The fourth-order valence-corrected chi connectivity index (χ4v) is 3.60. The quantitative estimate of drug-likeness (QED) is 0.296. The Kier molecular flexibility index (Phi) is 2.33. The summed E-state index contributed by atoms with van der Waals surface area (Å²) in [6, 6.07) is 22.7. The highest BCUT2D eigenvalue weighted by molar-refractivity contribution is 6.38. The summed E-state index contributed by atoms with van der Waals surface area (Å²) >= 11 is 6.39. The van der Waals surface area contributed by atoms with E-state index in [2.05, 4.69) is 48.5 Å². The molecule has 1 aromatic heterocycles. The lowest BCUT2D eigenvalue weighted by Gasteiger charge is -2.04. The SMILES string of the molecule is Clc1cccc2oc3c(ccc4ccc5ccccc5c43)c12. The van der Waals surface area contributed by atoms with E-state index in [0.717, 1.165) is 32.3 Å². The largest absolute Gasteiger partial charge is 0.455 e. The van der Waals surface area contributed by atoms with Gasteiger partial charge in [0.15, 0.2) is 0 Å². The van der Waals surface area contributed by atoms with Crippen molar-refractivity contribution in [2.24, 2.45) is 0 Å². The molecule has 104 valence electrons.